The third-order valence-electron chi connectivity index (χ3n) is 5.57. The van der Waals surface area contributed by atoms with Crippen LogP contribution < -0.4 is 29.7 Å². The Bertz CT molecular complexity index is 1050. The number of rotatable bonds is 8. The van der Waals surface area contributed by atoms with E-state index in [1.54, 1.807) is 39.7 Å². The highest BCUT2D eigenvalue weighted by molar-refractivity contribution is 5.66. The topological polar surface area (TPSA) is 107 Å². The van der Waals surface area contributed by atoms with Crippen molar-refractivity contribution in [3.63, 3.8) is 0 Å². The summed E-state index contributed by atoms with van der Waals surface area (Å²) in [7, 11) is 4.71. The lowest BCUT2D eigenvalue weighted by atomic mass is 10.1. The van der Waals surface area contributed by atoms with Gasteiger partial charge in [-0.25, -0.2) is 15.0 Å². The molecular weight excluding hydrogens is 422 g/mol. The summed E-state index contributed by atoms with van der Waals surface area (Å²) >= 11 is 0. The van der Waals surface area contributed by atoms with Gasteiger partial charge >= 0.3 is 0 Å². The molecule has 1 atom stereocenters. The largest absolute Gasteiger partial charge is 0.493 e. The number of aromatic nitrogens is 4. The minimum Gasteiger partial charge on any atom is -0.493 e. The Kier molecular flexibility index (Phi) is 7.04. The molecule has 0 aliphatic carbocycles. The van der Waals surface area contributed by atoms with E-state index in [0.29, 0.717) is 40.8 Å². The van der Waals surface area contributed by atoms with Gasteiger partial charge in [0.2, 0.25) is 11.7 Å². The van der Waals surface area contributed by atoms with Gasteiger partial charge in [-0.1, -0.05) is 6.92 Å². The highest BCUT2D eigenvalue weighted by Gasteiger charge is 2.19. The summed E-state index contributed by atoms with van der Waals surface area (Å²) < 4.78 is 16.2. The lowest BCUT2D eigenvalue weighted by Gasteiger charge is -2.34. The number of hydrogen-bond donors (Lipinski definition) is 2. The molecule has 1 aliphatic heterocycles. The average molecular weight is 452 g/mol. The second-order valence-corrected chi connectivity index (χ2v) is 7.58. The number of anilines is 3. The molecule has 0 bridgehead atoms. The Balaban J connectivity index is 1.53. The fourth-order valence-electron chi connectivity index (χ4n) is 3.79. The van der Waals surface area contributed by atoms with Crippen LogP contribution in [-0.4, -0.2) is 66.9 Å². The maximum atomic E-state index is 5.41. The summed E-state index contributed by atoms with van der Waals surface area (Å²) in [5, 5.41) is 6.70. The molecule has 0 radical (unpaired) electrons. The molecule has 1 saturated heterocycles. The Morgan fingerprint density at radius 3 is 2.48 bits per heavy atom. The molecule has 2 aromatic heterocycles. The molecule has 0 saturated carbocycles. The number of pyridine rings is 1. The van der Waals surface area contributed by atoms with E-state index in [1.807, 2.05) is 12.1 Å². The summed E-state index contributed by atoms with van der Waals surface area (Å²) in [6, 6.07) is 8.08. The molecule has 174 valence electrons. The fourth-order valence-corrected chi connectivity index (χ4v) is 3.79. The first-order valence-corrected chi connectivity index (χ1v) is 10.9. The maximum absolute atomic E-state index is 5.41. The van der Waals surface area contributed by atoms with Crippen LogP contribution in [0.1, 0.15) is 13.3 Å². The van der Waals surface area contributed by atoms with E-state index in [0.717, 1.165) is 37.4 Å². The molecule has 10 nitrogen and oxygen atoms in total. The minimum absolute atomic E-state index is 0.395. The zero-order chi connectivity index (χ0) is 23.2. The number of nitrogens with zero attached hydrogens (tertiary/aromatic N) is 5. The third kappa shape index (κ3) is 5.06. The molecule has 0 spiro atoms. The van der Waals surface area contributed by atoms with Crippen LogP contribution in [0.15, 0.2) is 36.8 Å². The highest BCUT2D eigenvalue weighted by atomic mass is 16.5. The highest BCUT2D eigenvalue weighted by Crippen LogP contribution is 2.40. The number of benzene rings is 1. The Morgan fingerprint density at radius 2 is 1.85 bits per heavy atom. The van der Waals surface area contributed by atoms with Crippen LogP contribution in [0.4, 0.5) is 17.5 Å². The van der Waals surface area contributed by atoms with Crippen molar-refractivity contribution in [1.82, 2.24) is 25.3 Å². The van der Waals surface area contributed by atoms with Crippen molar-refractivity contribution in [2.24, 2.45) is 0 Å². The van der Waals surface area contributed by atoms with E-state index in [9.17, 15) is 0 Å². The molecule has 1 fully saturated rings. The maximum Gasteiger partial charge on any atom is 0.230 e. The second kappa shape index (κ2) is 10.3. The molecule has 3 aromatic rings. The van der Waals surface area contributed by atoms with E-state index < -0.39 is 0 Å². The summed E-state index contributed by atoms with van der Waals surface area (Å²) in [5.74, 6) is 3.47. The molecule has 1 aromatic carbocycles. The van der Waals surface area contributed by atoms with Crippen molar-refractivity contribution < 1.29 is 14.2 Å². The van der Waals surface area contributed by atoms with Gasteiger partial charge in [-0.2, -0.15) is 4.98 Å². The third-order valence-corrected chi connectivity index (χ3v) is 5.57. The van der Waals surface area contributed by atoms with Crippen LogP contribution in [0.2, 0.25) is 0 Å². The first kappa shape index (κ1) is 22.5. The monoisotopic (exact) mass is 451 g/mol. The quantitative estimate of drug-likeness (QED) is 0.531. The smallest absolute Gasteiger partial charge is 0.230 e. The summed E-state index contributed by atoms with van der Waals surface area (Å²) in [6.45, 7) is 5.06. The van der Waals surface area contributed by atoms with Crippen LogP contribution in [0, 0.1) is 0 Å². The molecule has 10 heteroatoms. The molecule has 0 unspecified atom stereocenters. The van der Waals surface area contributed by atoms with Crippen molar-refractivity contribution in [3.05, 3.63) is 36.8 Å². The standard InChI is InChI=1S/C23H29N7O3/c1-5-16-13-30(9-8-24-16)20-7-6-15(12-25-20)22-26-14-27-23(29-22)28-17-10-18(31-2)21(33-4)19(11-17)32-3/h6-7,10-12,14,16,24H,5,8-9,13H2,1-4H3,(H,26,27,28,29)/t16-/m0/s1. The normalized spacial score (nSPS) is 15.8. The van der Waals surface area contributed by atoms with Gasteiger partial charge in [-0.05, 0) is 18.6 Å². The molecule has 0 amide bonds. The van der Waals surface area contributed by atoms with Crippen molar-refractivity contribution >= 4 is 17.5 Å². The Morgan fingerprint density at radius 1 is 1.06 bits per heavy atom. The van der Waals surface area contributed by atoms with E-state index >= 15 is 0 Å². The van der Waals surface area contributed by atoms with Crippen molar-refractivity contribution in [2.75, 3.05) is 51.2 Å². The molecule has 2 N–H and O–H groups in total. The van der Waals surface area contributed by atoms with Crippen LogP contribution in [0.25, 0.3) is 11.4 Å². The van der Waals surface area contributed by atoms with Gasteiger partial charge in [0.25, 0.3) is 0 Å². The molecule has 1 aliphatic rings. The molecular formula is C23H29N7O3. The van der Waals surface area contributed by atoms with Crippen LogP contribution in [-0.2, 0) is 0 Å². The molecule has 33 heavy (non-hydrogen) atoms. The first-order valence-electron chi connectivity index (χ1n) is 10.9. The zero-order valence-corrected chi connectivity index (χ0v) is 19.3. The first-order chi connectivity index (χ1) is 16.1. The summed E-state index contributed by atoms with van der Waals surface area (Å²) in [4.78, 5) is 20.1. The number of ether oxygens (including phenoxy) is 3. The number of hydrogen-bond acceptors (Lipinski definition) is 10. The van der Waals surface area contributed by atoms with Gasteiger partial charge in [0.05, 0.1) is 21.3 Å². The van der Waals surface area contributed by atoms with E-state index in [-0.39, 0.29) is 0 Å². The lowest BCUT2D eigenvalue weighted by molar-refractivity contribution is 0.324. The predicted octanol–water partition coefficient (Wildman–Crippen LogP) is 2.89. The van der Waals surface area contributed by atoms with Crippen molar-refractivity contribution in [1.29, 1.82) is 0 Å². The van der Waals surface area contributed by atoms with E-state index in [2.05, 4.69) is 42.4 Å². The van der Waals surface area contributed by atoms with Crippen LogP contribution in [0.3, 0.4) is 0 Å². The zero-order valence-electron chi connectivity index (χ0n) is 19.3. The van der Waals surface area contributed by atoms with Gasteiger partial charge < -0.3 is 29.7 Å². The van der Waals surface area contributed by atoms with Crippen molar-refractivity contribution in [2.45, 2.75) is 19.4 Å². The van der Waals surface area contributed by atoms with Gasteiger partial charge in [0.1, 0.15) is 12.1 Å². The average Bonchev–Trinajstić information content (AvgIpc) is 2.88. The number of piperazine rings is 1. The number of nitrogens with one attached hydrogen (secondary N) is 2. The SMILES string of the molecule is CC[C@H]1CN(c2ccc(-c3ncnc(Nc4cc(OC)c(OC)c(OC)c4)n3)cn2)CCN1. The van der Waals surface area contributed by atoms with Crippen LogP contribution >= 0.6 is 0 Å². The summed E-state index contributed by atoms with van der Waals surface area (Å²) in [5.41, 5.74) is 1.51. The van der Waals surface area contributed by atoms with Gasteiger partial charge in [-0.15, -0.1) is 0 Å². The van der Waals surface area contributed by atoms with E-state index in [1.165, 1.54) is 6.33 Å². The minimum atomic E-state index is 0.395. The van der Waals surface area contributed by atoms with Gasteiger partial charge in [-0.3, -0.25) is 0 Å². The second-order valence-electron chi connectivity index (χ2n) is 7.58. The summed E-state index contributed by atoms with van der Waals surface area (Å²) in [6.07, 6.45) is 4.37. The Labute approximate surface area is 193 Å². The van der Waals surface area contributed by atoms with Crippen molar-refractivity contribution in [3.8, 4) is 28.6 Å². The lowest BCUT2D eigenvalue weighted by Crippen LogP contribution is -2.50. The van der Waals surface area contributed by atoms with Gasteiger partial charge in [0.15, 0.2) is 17.3 Å². The molecule has 4 rings (SSSR count). The molecule has 3 heterocycles. The van der Waals surface area contributed by atoms with Gasteiger partial charge in [0, 0.05) is 55.3 Å². The fraction of sp³-hybridized carbons (Fsp3) is 0.391. The van der Waals surface area contributed by atoms with E-state index in [4.69, 9.17) is 14.2 Å². The number of methoxy groups -OCH3 is 3. The predicted molar refractivity (Wildman–Crippen MR) is 127 cm³/mol. The Hall–Kier alpha value is -3.66. The van der Waals surface area contributed by atoms with Crippen LogP contribution in [0.5, 0.6) is 17.2 Å².